The summed E-state index contributed by atoms with van der Waals surface area (Å²) in [6.45, 7) is -0.758. The van der Waals surface area contributed by atoms with E-state index in [1.54, 1.807) is 12.1 Å². The fourth-order valence-corrected chi connectivity index (χ4v) is 2.82. The quantitative estimate of drug-likeness (QED) is 0.805. The van der Waals surface area contributed by atoms with Crippen molar-refractivity contribution in [3.63, 3.8) is 0 Å². The summed E-state index contributed by atoms with van der Waals surface area (Å²) in [5.41, 5.74) is 0.943. The second-order valence-electron chi connectivity index (χ2n) is 5.06. The van der Waals surface area contributed by atoms with Crippen LogP contribution in [0.4, 0.5) is 13.2 Å². The monoisotopic (exact) mass is 322 g/mol. The van der Waals surface area contributed by atoms with Gasteiger partial charge in [-0.1, -0.05) is 12.1 Å². The molecule has 8 heteroatoms. The highest BCUT2D eigenvalue weighted by molar-refractivity contribution is 7.89. The molecule has 0 unspecified atom stereocenters. The number of halogens is 3. The lowest BCUT2D eigenvalue weighted by molar-refractivity contribution is -0.121. The molecule has 0 saturated heterocycles. The first-order valence-electron chi connectivity index (χ1n) is 6.65. The van der Waals surface area contributed by atoms with Crippen LogP contribution in [0.25, 0.3) is 0 Å². The van der Waals surface area contributed by atoms with Crippen molar-refractivity contribution in [3.8, 4) is 0 Å². The van der Waals surface area contributed by atoms with Crippen molar-refractivity contribution in [2.45, 2.75) is 36.4 Å². The molecular weight excluding hydrogens is 305 g/mol. The highest BCUT2D eigenvalue weighted by Gasteiger charge is 2.30. The fourth-order valence-electron chi connectivity index (χ4n) is 1.80. The van der Waals surface area contributed by atoms with E-state index >= 15 is 0 Å². The zero-order valence-electron chi connectivity index (χ0n) is 11.3. The summed E-state index contributed by atoms with van der Waals surface area (Å²) >= 11 is 0. The van der Waals surface area contributed by atoms with E-state index in [1.807, 2.05) is 0 Å². The van der Waals surface area contributed by atoms with Gasteiger partial charge in [0.05, 0.1) is 4.90 Å². The van der Waals surface area contributed by atoms with Gasteiger partial charge < -0.3 is 5.32 Å². The van der Waals surface area contributed by atoms with Gasteiger partial charge in [0.25, 0.3) is 0 Å². The van der Waals surface area contributed by atoms with Gasteiger partial charge in [-0.3, -0.25) is 0 Å². The Balaban J connectivity index is 1.90. The number of benzene rings is 1. The maximum absolute atomic E-state index is 12.0. The van der Waals surface area contributed by atoms with Crippen LogP contribution in [-0.4, -0.2) is 33.7 Å². The van der Waals surface area contributed by atoms with Gasteiger partial charge in [0.2, 0.25) is 10.0 Å². The molecular formula is C13H17F3N2O2S. The van der Waals surface area contributed by atoms with Gasteiger partial charge in [-0.15, -0.1) is 0 Å². The van der Waals surface area contributed by atoms with Gasteiger partial charge in [-0.2, -0.15) is 13.2 Å². The summed E-state index contributed by atoms with van der Waals surface area (Å²) in [5.74, 6) is 0. The molecule has 118 valence electrons. The van der Waals surface area contributed by atoms with Crippen LogP contribution in [0, 0.1) is 0 Å². The molecule has 0 atom stereocenters. The van der Waals surface area contributed by atoms with Crippen LogP contribution in [0.15, 0.2) is 29.2 Å². The predicted molar refractivity (Wildman–Crippen MR) is 72.4 cm³/mol. The lowest BCUT2D eigenvalue weighted by atomic mass is 10.1. The molecule has 1 fully saturated rings. The van der Waals surface area contributed by atoms with Crippen molar-refractivity contribution in [2.75, 3.05) is 13.1 Å². The van der Waals surface area contributed by atoms with Crippen molar-refractivity contribution in [3.05, 3.63) is 29.8 Å². The lowest BCUT2D eigenvalue weighted by Gasteiger charge is -2.10. The van der Waals surface area contributed by atoms with Crippen LogP contribution in [0.5, 0.6) is 0 Å². The normalized spacial score (nSPS) is 16.1. The summed E-state index contributed by atoms with van der Waals surface area (Å²) in [6, 6.07) is 6.50. The SMILES string of the molecule is O=S(=O)(NCC(F)(F)F)c1ccc(CCNC2CC2)cc1. The van der Waals surface area contributed by atoms with Crippen LogP contribution in [0.3, 0.4) is 0 Å². The second kappa shape index (κ2) is 6.33. The first kappa shape index (κ1) is 16.3. The van der Waals surface area contributed by atoms with E-state index in [2.05, 4.69) is 5.32 Å². The van der Waals surface area contributed by atoms with E-state index in [1.165, 1.54) is 29.7 Å². The van der Waals surface area contributed by atoms with Gasteiger partial charge >= 0.3 is 6.18 Å². The molecule has 1 aliphatic rings. The molecule has 21 heavy (non-hydrogen) atoms. The molecule has 2 N–H and O–H groups in total. The van der Waals surface area contributed by atoms with Crippen molar-refractivity contribution < 1.29 is 21.6 Å². The predicted octanol–water partition coefficient (Wildman–Crippen LogP) is 1.82. The van der Waals surface area contributed by atoms with Crippen LogP contribution in [-0.2, 0) is 16.4 Å². The molecule has 0 aliphatic heterocycles. The van der Waals surface area contributed by atoms with Crippen molar-refractivity contribution in [1.82, 2.24) is 10.0 Å². The van der Waals surface area contributed by atoms with E-state index in [0.717, 1.165) is 18.5 Å². The van der Waals surface area contributed by atoms with Gasteiger partial charge in [0, 0.05) is 6.04 Å². The third kappa shape index (κ3) is 5.64. The van der Waals surface area contributed by atoms with Gasteiger partial charge in [-0.25, -0.2) is 13.1 Å². The number of nitrogens with one attached hydrogen (secondary N) is 2. The topological polar surface area (TPSA) is 58.2 Å². The average molecular weight is 322 g/mol. The van der Waals surface area contributed by atoms with Crippen molar-refractivity contribution in [2.24, 2.45) is 0 Å². The Kier molecular flexibility index (Phi) is 4.90. The highest BCUT2D eigenvalue weighted by atomic mass is 32.2. The minimum Gasteiger partial charge on any atom is -0.314 e. The first-order valence-corrected chi connectivity index (χ1v) is 8.13. The van der Waals surface area contributed by atoms with Crippen LogP contribution >= 0.6 is 0 Å². The number of sulfonamides is 1. The highest BCUT2D eigenvalue weighted by Crippen LogP contribution is 2.19. The summed E-state index contributed by atoms with van der Waals surface area (Å²) in [5, 5.41) is 3.33. The maximum Gasteiger partial charge on any atom is 0.402 e. The summed E-state index contributed by atoms with van der Waals surface area (Å²) in [6.07, 6.45) is -1.42. The molecule has 0 amide bonds. The van der Waals surface area contributed by atoms with E-state index in [9.17, 15) is 21.6 Å². The largest absolute Gasteiger partial charge is 0.402 e. The lowest BCUT2D eigenvalue weighted by Crippen LogP contribution is -2.33. The Hall–Kier alpha value is -1.12. The molecule has 0 aromatic heterocycles. The third-order valence-corrected chi connectivity index (χ3v) is 4.54. The average Bonchev–Trinajstić information content (AvgIpc) is 3.21. The Morgan fingerprint density at radius 3 is 2.29 bits per heavy atom. The second-order valence-corrected chi connectivity index (χ2v) is 6.83. The minimum absolute atomic E-state index is 0.161. The Morgan fingerprint density at radius 2 is 1.76 bits per heavy atom. The van der Waals surface area contributed by atoms with E-state index < -0.39 is 22.7 Å². The summed E-state index contributed by atoms with van der Waals surface area (Å²) in [4.78, 5) is -0.161. The molecule has 1 saturated carbocycles. The molecule has 1 aliphatic carbocycles. The number of hydrogen-bond acceptors (Lipinski definition) is 3. The van der Waals surface area contributed by atoms with Crippen molar-refractivity contribution >= 4 is 10.0 Å². The smallest absolute Gasteiger partial charge is 0.314 e. The molecule has 0 spiro atoms. The molecule has 1 aromatic rings. The summed E-state index contributed by atoms with van der Waals surface area (Å²) < 4.78 is 61.0. The standard InChI is InChI=1S/C13H17F3N2O2S/c14-13(15,16)9-18-21(19,20)12-5-1-10(2-6-12)7-8-17-11-3-4-11/h1-2,5-6,11,17-18H,3-4,7-9H2. The van der Waals surface area contributed by atoms with Gasteiger partial charge in [0.1, 0.15) is 6.54 Å². The fraction of sp³-hybridized carbons (Fsp3) is 0.538. The van der Waals surface area contributed by atoms with Gasteiger partial charge in [0.15, 0.2) is 0 Å². The molecule has 0 radical (unpaired) electrons. The minimum atomic E-state index is -4.57. The maximum atomic E-state index is 12.0. The Labute approximate surface area is 121 Å². The van der Waals surface area contributed by atoms with E-state index in [4.69, 9.17) is 0 Å². The Bertz CT molecular complexity index is 566. The zero-order chi connectivity index (χ0) is 15.5. The number of alkyl halides is 3. The first-order chi connectivity index (χ1) is 9.76. The van der Waals surface area contributed by atoms with E-state index in [-0.39, 0.29) is 4.90 Å². The van der Waals surface area contributed by atoms with Crippen LogP contribution < -0.4 is 10.0 Å². The van der Waals surface area contributed by atoms with Crippen molar-refractivity contribution in [1.29, 1.82) is 0 Å². The molecule has 2 rings (SSSR count). The Morgan fingerprint density at radius 1 is 1.14 bits per heavy atom. The third-order valence-electron chi connectivity index (χ3n) is 3.12. The molecule has 0 bridgehead atoms. The summed E-state index contributed by atoms with van der Waals surface area (Å²) in [7, 11) is -4.12. The van der Waals surface area contributed by atoms with Crippen LogP contribution in [0.2, 0.25) is 0 Å². The zero-order valence-corrected chi connectivity index (χ0v) is 12.1. The van der Waals surface area contributed by atoms with Gasteiger partial charge in [-0.05, 0) is 43.5 Å². The number of rotatable bonds is 7. The van der Waals surface area contributed by atoms with E-state index in [0.29, 0.717) is 6.04 Å². The molecule has 1 aromatic carbocycles. The molecule has 0 heterocycles. The number of hydrogen-bond donors (Lipinski definition) is 2. The van der Waals surface area contributed by atoms with Crippen LogP contribution in [0.1, 0.15) is 18.4 Å². The molecule has 4 nitrogen and oxygen atoms in total.